The van der Waals surface area contributed by atoms with Crippen LogP contribution in [0.2, 0.25) is 0 Å². The first-order valence-electron chi connectivity index (χ1n) is 15.9. The third-order valence-electron chi connectivity index (χ3n) is 7.17. The third kappa shape index (κ3) is 18.1. The van der Waals surface area contributed by atoms with Gasteiger partial charge in [0.25, 0.3) is 0 Å². The van der Waals surface area contributed by atoms with Crippen molar-refractivity contribution in [3.05, 3.63) is 24.3 Å². The molecule has 1 saturated heterocycles. The van der Waals surface area contributed by atoms with E-state index in [0.29, 0.717) is 6.61 Å². The van der Waals surface area contributed by atoms with E-state index in [9.17, 15) is 25.2 Å². The summed E-state index contributed by atoms with van der Waals surface area (Å²) in [6, 6.07) is 0. The van der Waals surface area contributed by atoms with E-state index in [4.69, 9.17) is 18.9 Å². The maximum atomic E-state index is 11.8. The van der Waals surface area contributed by atoms with E-state index in [0.717, 1.165) is 19.3 Å². The van der Waals surface area contributed by atoms with Gasteiger partial charge in [0.05, 0.1) is 19.8 Å². The molecule has 9 nitrogen and oxygen atoms in total. The highest BCUT2D eigenvalue weighted by Crippen LogP contribution is 2.22. The van der Waals surface area contributed by atoms with Crippen molar-refractivity contribution in [3.63, 3.8) is 0 Å². The van der Waals surface area contributed by atoms with Crippen LogP contribution in [0.5, 0.6) is 0 Å². The molecule has 1 fully saturated rings. The number of allylic oxidation sites excluding steroid dienone is 4. The first kappa shape index (κ1) is 37.7. The van der Waals surface area contributed by atoms with E-state index in [2.05, 4.69) is 31.2 Å². The van der Waals surface area contributed by atoms with Crippen LogP contribution >= 0.6 is 0 Å². The Labute approximate surface area is 247 Å². The fraction of sp³-hybridized carbons (Fsp3) is 0.844. The van der Waals surface area contributed by atoms with Gasteiger partial charge in [-0.2, -0.15) is 0 Å². The number of carbonyl (C=O) groups excluding carboxylic acids is 1. The zero-order valence-electron chi connectivity index (χ0n) is 25.5. The minimum atomic E-state index is -1.53. The van der Waals surface area contributed by atoms with Crippen molar-refractivity contribution >= 4 is 5.97 Å². The lowest BCUT2D eigenvalue weighted by Crippen LogP contribution is -2.59. The summed E-state index contributed by atoms with van der Waals surface area (Å²) in [5, 5.41) is 39.3. The molecule has 0 aromatic carbocycles. The minimum absolute atomic E-state index is 0.125. The van der Waals surface area contributed by atoms with Crippen LogP contribution in [0.1, 0.15) is 110 Å². The van der Waals surface area contributed by atoms with Gasteiger partial charge in [0, 0.05) is 13.0 Å². The Hall–Kier alpha value is -1.33. The zero-order chi connectivity index (χ0) is 30.1. The largest absolute Gasteiger partial charge is 0.457 e. The summed E-state index contributed by atoms with van der Waals surface area (Å²) < 4.78 is 22.0. The first-order valence-corrected chi connectivity index (χ1v) is 15.9. The molecule has 41 heavy (non-hydrogen) atoms. The van der Waals surface area contributed by atoms with Crippen molar-refractivity contribution in [2.24, 2.45) is 0 Å². The van der Waals surface area contributed by atoms with Gasteiger partial charge in [-0.3, -0.25) is 4.79 Å². The number of rotatable bonds is 25. The topological polar surface area (TPSA) is 135 Å². The van der Waals surface area contributed by atoms with E-state index in [1.54, 1.807) is 6.92 Å². The Morgan fingerprint density at radius 2 is 1.39 bits per heavy atom. The van der Waals surface area contributed by atoms with E-state index < -0.39 is 49.4 Å². The highest BCUT2D eigenvalue weighted by atomic mass is 16.7. The van der Waals surface area contributed by atoms with Crippen molar-refractivity contribution in [1.82, 2.24) is 0 Å². The normalized spacial score (nSPS) is 23.9. The number of aliphatic hydroxyl groups is 4. The number of esters is 1. The summed E-state index contributed by atoms with van der Waals surface area (Å²) in [6.45, 7) is 3.93. The number of hydrogen-bond donors (Lipinski definition) is 4. The van der Waals surface area contributed by atoms with E-state index in [1.165, 1.54) is 70.6 Å². The zero-order valence-corrected chi connectivity index (χ0v) is 25.5. The monoisotopic (exact) mass is 586 g/mol. The van der Waals surface area contributed by atoms with Crippen molar-refractivity contribution in [3.8, 4) is 0 Å². The molecule has 0 aromatic rings. The summed E-state index contributed by atoms with van der Waals surface area (Å²) in [7, 11) is 0. The van der Waals surface area contributed by atoms with Crippen LogP contribution in [-0.4, -0.2) is 89.6 Å². The molecular formula is C32H58O9. The second-order valence-corrected chi connectivity index (χ2v) is 10.9. The Morgan fingerprint density at radius 3 is 2.00 bits per heavy atom. The summed E-state index contributed by atoms with van der Waals surface area (Å²) in [6.07, 6.45) is 18.6. The smallest absolute Gasteiger partial charge is 0.305 e. The SMILES string of the molecule is CCCCC/C=C\C/C=C\CCCCCCCCCCOCC(COC1OC(CO)C(O)C(O)C1O)OC(=O)CC. The van der Waals surface area contributed by atoms with Crippen molar-refractivity contribution in [2.45, 2.75) is 147 Å². The van der Waals surface area contributed by atoms with Gasteiger partial charge in [0.1, 0.15) is 30.5 Å². The third-order valence-corrected chi connectivity index (χ3v) is 7.17. The molecule has 4 N–H and O–H groups in total. The van der Waals surface area contributed by atoms with Crippen molar-refractivity contribution in [2.75, 3.05) is 26.4 Å². The standard InChI is InChI=1S/C32H58O9/c1-3-5-6-7-8-9-10-11-12-13-14-15-16-17-18-19-20-21-22-38-24-26(40-28(34)4-2)25-39-32-31(37)30(36)29(35)27(23-33)41-32/h8-9,11-12,26-27,29-33,35-37H,3-7,10,13-25H2,1-2H3/b9-8-,12-11-. The van der Waals surface area contributed by atoms with Gasteiger partial charge in [-0.1, -0.05) is 89.5 Å². The molecule has 0 bridgehead atoms. The van der Waals surface area contributed by atoms with E-state index in [1.807, 2.05) is 0 Å². The molecule has 1 rings (SSSR count). The van der Waals surface area contributed by atoms with Crippen LogP contribution in [0, 0.1) is 0 Å². The highest BCUT2D eigenvalue weighted by molar-refractivity contribution is 5.69. The molecule has 0 radical (unpaired) electrons. The van der Waals surface area contributed by atoms with Crippen LogP contribution in [0.3, 0.4) is 0 Å². The molecule has 9 heteroatoms. The lowest BCUT2D eigenvalue weighted by atomic mass is 9.99. The average Bonchev–Trinajstić information content (AvgIpc) is 2.98. The van der Waals surface area contributed by atoms with E-state index in [-0.39, 0.29) is 19.6 Å². The van der Waals surface area contributed by atoms with Gasteiger partial charge in [-0.15, -0.1) is 0 Å². The molecule has 1 heterocycles. The maximum absolute atomic E-state index is 11.8. The first-order chi connectivity index (χ1) is 19.9. The average molecular weight is 587 g/mol. The second-order valence-electron chi connectivity index (χ2n) is 10.9. The fourth-order valence-corrected chi connectivity index (χ4v) is 4.55. The number of ether oxygens (including phenoxy) is 4. The van der Waals surface area contributed by atoms with Crippen molar-refractivity contribution < 1.29 is 44.2 Å². The maximum Gasteiger partial charge on any atom is 0.305 e. The second kappa shape index (κ2) is 25.2. The molecule has 0 spiro atoms. The number of carbonyl (C=O) groups is 1. The van der Waals surface area contributed by atoms with Gasteiger partial charge < -0.3 is 39.4 Å². The van der Waals surface area contributed by atoms with E-state index >= 15 is 0 Å². The van der Waals surface area contributed by atoms with Crippen LogP contribution in [0.4, 0.5) is 0 Å². The highest BCUT2D eigenvalue weighted by Gasteiger charge is 2.44. The lowest BCUT2D eigenvalue weighted by Gasteiger charge is -2.39. The minimum Gasteiger partial charge on any atom is -0.457 e. The Morgan fingerprint density at radius 1 is 0.780 bits per heavy atom. The summed E-state index contributed by atoms with van der Waals surface area (Å²) in [5.74, 6) is -0.405. The van der Waals surface area contributed by atoms with Crippen LogP contribution < -0.4 is 0 Å². The summed E-state index contributed by atoms with van der Waals surface area (Å²) in [5.41, 5.74) is 0. The summed E-state index contributed by atoms with van der Waals surface area (Å²) >= 11 is 0. The van der Waals surface area contributed by atoms with Gasteiger partial charge >= 0.3 is 5.97 Å². The van der Waals surface area contributed by atoms with Gasteiger partial charge in [-0.25, -0.2) is 0 Å². The molecule has 6 unspecified atom stereocenters. The molecule has 1 aliphatic heterocycles. The number of unbranched alkanes of at least 4 members (excludes halogenated alkanes) is 11. The molecule has 6 atom stereocenters. The lowest BCUT2D eigenvalue weighted by molar-refractivity contribution is -0.305. The molecule has 1 aliphatic rings. The summed E-state index contributed by atoms with van der Waals surface area (Å²) in [4.78, 5) is 11.8. The van der Waals surface area contributed by atoms with Crippen LogP contribution in [0.15, 0.2) is 24.3 Å². The van der Waals surface area contributed by atoms with Gasteiger partial charge in [0.15, 0.2) is 6.29 Å². The van der Waals surface area contributed by atoms with Gasteiger partial charge in [-0.05, 0) is 38.5 Å². The molecule has 0 saturated carbocycles. The molecule has 0 amide bonds. The fourth-order valence-electron chi connectivity index (χ4n) is 4.55. The molecule has 240 valence electrons. The Kier molecular flexibility index (Phi) is 23.2. The predicted molar refractivity (Wildman–Crippen MR) is 159 cm³/mol. The number of aliphatic hydroxyl groups excluding tert-OH is 4. The molecule has 0 aliphatic carbocycles. The predicted octanol–water partition coefficient (Wildman–Crippen LogP) is 4.74. The number of hydrogen-bond acceptors (Lipinski definition) is 9. The Balaban J connectivity index is 2.09. The quantitative estimate of drug-likeness (QED) is 0.0680. The van der Waals surface area contributed by atoms with Crippen molar-refractivity contribution in [1.29, 1.82) is 0 Å². The molecule has 0 aromatic heterocycles. The van der Waals surface area contributed by atoms with Gasteiger partial charge in [0.2, 0.25) is 0 Å². The Bertz CT molecular complexity index is 682. The van der Waals surface area contributed by atoms with Crippen LogP contribution in [-0.2, 0) is 23.7 Å². The van der Waals surface area contributed by atoms with Crippen LogP contribution in [0.25, 0.3) is 0 Å². The molecular weight excluding hydrogens is 528 g/mol.